The first kappa shape index (κ1) is 25.0. The highest BCUT2D eigenvalue weighted by Crippen LogP contribution is 2.28. The topological polar surface area (TPSA) is 89.2 Å². The summed E-state index contributed by atoms with van der Waals surface area (Å²) in [6.45, 7) is 8.04. The monoisotopic (exact) mass is 460 g/mol. The number of ether oxygens (including phenoxy) is 2. The lowest BCUT2D eigenvalue weighted by Gasteiger charge is -2.18. The Hall–Kier alpha value is -3.63. The Morgan fingerprint density at radius 3 is 2.74 bits per heavy atom. The van der Waals surface area contributed by atoms with Gasteiger partial charge in [-0.3, -0.25) is 9.36 Å². The number of benzene rings is 1. The van der Waals surface area contributed by atoms with Gasteiger partial charge in [0.05, 0.1) is 36.6 Å². The number of nitrogens with zero attached hydrogens (tertiary/aromatic N) is 3. The number of hydrogen-bond acceptors (Lipinski definition) is 6. The predicted molar refractivity (Wildman–Crippen MR) is 135 cm³/mol. The molecule has 1 unspecified atom stereocenters. The largest absolute Gasteiger partial charge is 0.497 e. The van der Waals surface area contributed by atoms with Gasteiger partial charge >= 0.3 is 0 Å². The molecule has 1 aromatic heterocycles. The second kappa shape index (κ2) is 12.0. The molecule has 1 aromatic carbocycles. The Kier molecular flexibility index (Phi) is 8.83. The first-order valence-corrected chi connectivity index (χ1v) is 11.5. The third kappa shape index (κ3) is 6.03. The summed E-state index contributed by atoms with van der Waals surface area (Å²) < 4.78 is 12.8. The van der Waals surface area contributed by atoms with Crippen LogP contribution in [0, 0.1) is 17.2 Å². The van der Waals surface area contributed by atoms with Crippen LogP contribution in [0.5, 0.6) is 11.8 Å². The fourth-order valence-electron chi connectivity index (χ4n) is 3.91. The molecule has 1 N–H and O–H groups in total. The van der Waals surface area contributed by atoms with E-state index < -0.39 is 0 Å². The van der Waals surface area contributed by atoms with Crippen molar-refractivity contribution in [2.75, 3.05) is 26.8 Å². The lowest BCUT2D eigenvalue weighted by atomic mass is 10.0. The zero-order valence-electron chi connectivity index (χ0n) is 20.1. The van der Waals surface area contributed by atoms with Gasteiger partial charge in [0.25, 0.3) is 11.6 Å². The third-order valence-corrected chi connectivity index (χ3v) is 6.01. The summed E-state index contributed by atoms with van der Waals surface area (Å²) in [6, 6.07) is 9.67. The molecule has 7 nitrogen and oxygen atoms in total. The van der Waals surface area contributed by atoms with E-state index in [1.54, 1.807) is 26.3 Å². The number of methoxy groups -OCH3 is 1. The molecule has 1 atom stereocenters. The van der Waals surface area contributed by atoms with Crippen molar-refractivity contribution in [3.05, 3.63) is 70.7 Å². The van der Waals surface area contributed by atoms with Crippen LogP contribution in [0.1, 0.15) is 31.9 Å². The third-order valence-electron chi connectivity index (χ3n) is 6.01. The average Bonchev–Trinajstić information content (AvgIpc) is 3.14. The zero-order chi connectivity index (χ0) is 24.5. The zero-order valence-corrected chi connectivity index (χ0v) is 20.1. The molecule has 7 heteroatoms. The molecule has 0 spiro atoms. The maximum absolute atomic E-state index is 13.5. The van der Waals surface area contributed by atoms with Crippen LogP contribution in [0.15, 0.2) is 59.4 Å². The minimum Gasteiger partial charge on any atom is -0.497 e. The first-order valence-electron chi connectivity index (χ1n) is 11.5. The van der Waals surface area contributed by atoms with E-state index in [1.165, 1.54) is 10.6 Å². The maximum Gasteiger partial charge on any atom is 0.299 e. The van der Waals surface area contributed by atoms with Crippen molar-refractivity contribution in [3.63, 3.8) is 0 Å². The van der Waals surface area contributed by atoms with E-state index in [4.69, 9.17) is 14.5 Å². The summed E-state index contributed by atoms with van der Waals surface area (Å²) in [4.78, 5) is 18.3. The van der Waals surface area contributed by atoms with Crippen LogP contribution in [-0.2, 0) is 7.05 Å². The van der Waals surface area contributed by atoms with Gasteiger partial charge < -0.3 is 14.8 Å². The van der Waals surface area contributed by atoms with E-state index in [0.29, 0.717) is 35.1 Å². The van der Waals surface area contributed by atoms with Crippen molar-refractivity contribution < 1.29 is 9.47 Å². The number of rotatable bonds is 8. The van der Waals surface area contributed by atoms with Crippen LogP contribution in [-0.4, -0.2) is 36.4 Å². The molecular formula is C27H32N4O3. The predicted octanol–water partition coefficient (Wildman–Crippen LogP) is 4.26. The number of nitrogens with one attached hydrogen (secondary N) is 1. The summed E-state index contributed by atoms with van der Waals surface area (Å²) in [5.41, 5.74) is 2.67. The molecule has 0 saturated carbocycles. The first-order chi connectivity index (χ1) is 16.5. The molecule has 34 heavy (non-hydrogen) atoms. The maximum atomic E-state index is 13.5. The van der Waals surface area contributed by atoms with Crippen LogP contribution in [0.25, 0.3) is 16.7 Å². The summed E-state index contributed by atoms with van der Waals surface area (Å²) in [5.74, 6) is 1.12. The summed E-state index contributed by atoms with van der Waals surface area (Å²) in [7, 11) is 3.28. The van der Waals surface area contributed by atoms with Crippen molar-refractivity contribution in [2.45, 2.75) is 26.2 Å². The Bertz CT molecular complexity index is 1160. The van der Waals surface area contributed by atoms with E-state index in [9.17, 15) is 10.1 Å². The second-order valence-corrected chi connectivity index (χ2v) is 8.36. The fraction of sp³-hybridized carbons (Fsp3) is 0.370. The highest BCUT2D eigenvalue weighted by molar-refractivity contribution is 5.79. The van der Waals surface area contributed by atoms with Crippen molar-refractivity contribution in [3.8, 4) is 29.0 Å². The molecule has 1 aliphatic rings. The van der Waals surface area contributed by atoms with Gasteiger partial charge in [-0.25, -0.2) is 0 Å². The van der Waals surface area contributed by atoms with Crippen molar-refractivity contribution >= 4 is 5.57 Å². The van der Waals surface area contributed by atoms with E-state index >= 15 is 0 Å². The fourth-order valence-corrected chi connectivity index (χ4v) is 3.91. The van der Waals surface area contributed by atoms with Crippen LogP contribution >= 0.6 is 0 Å². The Labute approximate surface area is 201 Å². The molecule has 1 fully saturated rings. The Morgan fingerprint density at radius 2 is 2.06 bits per heavy atom. The van der Waals surface area contributed by atoms with E-state index in [2.05, 4.69) is 18.0 Å². The van der Waals surface area contributed by atoms with Crippen LogP contribution in [0.2, 0.25) is 0 Å². The molecular weight excluding hydrogens is 428 g/mol. The average molecular weight is 461 g/mol. The smallest absolute Gasteiger partial charge is 0.299 e. The lowest BCUT2D eigenvalue weighted by Crippen LogP contribution is -2.26. The highest BCUT2D eigenvalue weighted by Gasteiger charge is 2.20. The summed E-state index contributed by atoms with van der Waals surface area (Å²) in [5, 5.41) is 12.6. The second-order valence-electron chi connectivity index (χ2n) is 8.36. The molecule has 0 amide bonds. The van der Waals surface area contributed by atoms with Gasteiger partial charge in [0.2, 0.25) is 0 Å². The number of nitriles is 1. The van der Waals surface area contributed by atoms with Crippen molar-refractivity contribution in [1.82, 2.24) is 14.9 Å². The van der Waals surface area contributed by atoms with Crippen LogP contribution < -0.4 is 20.3 Å². The summed E-state index contributed by atoms with van der Waals surface area (Å²) in [6.07, 6.45) is 8.16. The van der Waals surface area contributed by atoms with Gasteiger partial charge in [-0.1, -0.05) is 30.9 Å². The molecule has 1 saturated heterocycles. The van der Waals surface area contributed by atoms with Crippen LogP contribution in [0.3, 0.4) is 0 Å². The Balaban J connectivity index is 2.06. The SMILES string of the molecule is C=C/C(C#N)=C\C=C(/C)c1nc(OCC2CCCNCC2)n(C)c(=O)c1-c1ccc(OC)cc1. The quantitative estimate of drug-likeness (QED) is 0.468. The van der Waals surface area contributed by atoms with E-state index in [0.717, 1.165) is 43.5 Å². The molecule has 1 aliphatic heterocycles. The number of allylic oxidation sites excluding steroid dienone is 5. The van der Waals surface area contributed by atoms with E-state index in [-0.39, 0.29) is 11.6 Å². The number of aromatic nitrogens is 2. The van der Waals surface area contributed by atoms with Gasteiger partial charge in [0.1, 0.15) is 5.75 Å². The Morgan fingerprint density at radius 1 is 1.29 bits per heavy atom. The molecule has 0 bridgehead atoms. The van der Waals surface area contributed by atoms with Gasteiger partial charge in [0, 0.05) is 7.05 Å². The van der Waals surface area contributed by atoms with Gasteiger partial charge in [-0.05, 0) is 74.5 Å². The number of hydrogen-bond donors (Lipinski definition) is 1. The molecule has 178 valence electrons. The standard InChI is InChI=1S/C27H32N4O3/c1-5-20(17-28)9-8-19(2)25-24(22-10-12-23(33-4)13-11-22)26(32)31(3)27(30-25)34-18-21-7-6-15-29-16-14-21/h5,8-13,21,29H,1,6-7,14-16,18H2,2-4H3/b19-8+,20-9+. The molecule has 3 rings (SSSR count). The van der Waals surface area contributed by atoms with Gasteiger partial charge in [-0.2, -0.15) is 10.2 Å². The molecule has 0 radical (unpaired) electrons. The minimum atomic E-state index is -0.200. The van der Waals surface area contributed by atoms with Crippen molar-refractivity contribution in [1.29, 1.82) is 5.26 Å². The van der Waals surface area contributed by atoms with Gasteiger partial charge in [-0.15, -0.1) is 0 Å². The summed E-state index contributed by atoms with van der Waals surface area (Å²) >= 11 is 0. The molecule has 2 aromatic rings. The lowest BCUT2D eigenvalue weighted by molar-refractivity contribution is 0.211. The molecule has 2 heterocycles. The van der Waals surface area contributed by atoms with Crippen LogP contribution in [0.4, 0.5) is 0 Å². The minimum absolute atomic E-state index is 0.200. The van der Waals surface area contributed by atoms with Crippen molar-refractivity contribution in [2.24, 2.45) is 13.0 Å². The van der Waals surface area contributed by atoms with E-state index in [1.807, 2.05) is 31.2 Å². The van der Waals surface area contributed by atoms with Gasteiger partial charge in [0.15, 0.2) is 0 Å². The normalized spacial score (nSPS) is 16.9. The molecule has 0 aliphatic carbocycles. The highest BCUT2D eigenvalue weighted by atomic mass is 16.5.